The number of thiophene rings is 1. The van der Waals surface area contributed by atoms with Gasteiger partial charge in [-0.3, -0.25) is 9.59 Å². The topological polar surface area (TPSA) is 67.4 Å². The summed E-state index contributed by atoms with van der Waals surface area (Å²) in [5, 5.41) is 7.64. The number of hydrogen-bond donors (Lipinski definition) is 2. The van der Waals surface area contributed by atoms with Gasteiger partial charge in [-0.2, -0.15) is 0 Å². The number of aryl methyl sites for hydroxylation is 1. The van der Waals surface area contributed by atoms with Crippen molar-refractivity contribution in [1.29, 1.82) is 0 Å². The summed E-state index contributed by atoms with van der Waals surface area (Å²) in [5.74, 6) is 0.668. The van der Waals surface area contributed by atoms with Gasteiger partial charge < -0.3 is 15.4 Å². The standard InChI is InChI=1S/C25H26N2O3S/c28-24(14-13-18-6-3-11-22(16-18)30-21-9-1-2-10-21)26-19-7-4-8-20(17-19)27-25(29)23-12-5-15-31-23/h3-8,11-12,15-17,21H,1-2,9-10,13-14H2,(H,26,28)(H,27,29). The monoisotopic (exact) mass is 434 g/mol. The summed E-state index contributed by atoms with van der Waals surface area (Å²) in [4.78, 5) is 25.3. The first-order valence-electron chi connectivity index (χ1n) is 10.7. The number of hydrogen-bond acceptors (Lipinski definition) is 4. The molecule has 1 aliphatic rings. The van der Waals surface area contributed by atoms with Gasteiger partial charge in [0.1, 0.15) is 5.75 Å². The minimum Gasteiger partial charge on any atom is -0.490 e. The Hall–Kier alpha value is -3.12. The second-order valence-electron chi connectivity index (χ2n) is 7.73. The molecule has 1 aromatic heterocycles. The second-order valence-corrected chi connectivity index (χ2v) is 8.68. The molecule has 3 aromatic rings. The Labute approximate surface area is 186 Å². The summed E-state index contributed by atoms with van der Waals surface area (Å²) in [6.07, 6.45) is 6.07. The zero-order chi connectivity index (χ0) is 21.5. The molecule has 0 aliphatic heterocycles. The number of nitrogens with one attached hydrogen (secondary N) is 2. The molecule has 2 aromatic carbocycles. The van der Waals surface area contributed by atoms with Crippen molar-refractivity contribution in [3.63, 3.8) is 0 Å². The molecule has 0 unspecified atom stereocenters. The minimum absolute atomic E-state index is 0.0659. The van der Waals surface area contributed by atoms with Gasteiger partial charge >= 0.3 is 0 Å². The van der Waals surface area contributed by atoms with Crippen LogP contribution < -0.4 is 15.4 Å². The van der Waals surface area contributed by atoms with E-state index in [2.05, 4.69) is 10.6 Å². The van der Waals surface area contributed by atoms with Gasteiger partial charge in [-0.1, -0.05) is 24.3 Å². The van der Waals surface area contributed by atoms with Crippen LogP contribution in [0.2, 0.25) is 0 Å². The van der Waals surface area contributed by atoms with Crippen LogP contribution in [0.5, 0.6) is 5.75 Å². The van der Waals surface area contributed by atoms with E-state index in [-0.39, 0.29) is 11.8 Å². The van der Waals surface area contributed by atoms with E-state index in [1.54, 1.807) is 18.2 Å². The van der Waals surface area contributed by atoms with Crippen LogP contribution in [0.3, 0.4) is 0 Å². The van der Waals surface area contributed by atoms with Crippen molar-refractivity contribution in [3.8, 4) is 5.75 Å². The lowest BCUT2D eigenvalue weighted by molar-refractivity contribution is -0.116. The average Bonchev–Trinajstić information content (AvgIpc) is 3.47. The van der Waals surface area contributed by atoms with Gasteiger partial charge in [0.05, 0.1) is 11.0 Å². The maximum atomic E-state index is 12.4. The van der Waals surface area contributed by atoms with Crippen LogP contribution in [0.4, 0.5) is 11.4 Å². The molecule has 5 nitrogen and oxygen atoms in total. The number of benzene rings is 2. The third-order valence-electron chi connectivity index (χ3n) is 5.29. The Balaban J connectivity index is 1.28. The van der Waals surface area contributed by atoms with Crippen molar-refractivity contribution in [2.24, 2.45) is 0 Å². The number of rotatable bonds is 8. The predicted molar refractivity (Wildman–Crippen MR) is 125 cm³/mol. The van der Waals surface area contributed by atoms with Gasteiger partial charge in [0, 0.05) is 17.8 Å². The van der Waals surface area contributed by atoms with Crippen molar-refractivity contribution < 1.29 is 14.3 Å². The molecule has 6 heteroatoms. The second kappa shape index (κ2) is 10.3. The average molecular weight is 435 g/mol. The predicted octanol–water partition coefficient (Wildman–Crippen LogP) is 5.89. The summed E-state index contributed by atoms with van der Waals surface area (Å²) >= 11 is 1.39. The fourth-order valence-electron chi connectivity index (χ4n) is 3.73. The highest BCUT2D eigenvalue weighted by Crippen LogP contribution is 2.25. The van der Waals surface area contributed by atoms with Gasteiger partial charge in [-0.15, -0.1) is 11.3 Å². The number of amides is 2. The van der Waals surface area contributed by atoms with Crippen molar-refractivity contribution in [3.05, 3.63) is 76.5 Å². The molecule has 1 saturated carbocycles. The smallest absolute Gasteiger partial charge is 0.265 e. The van der Waals surface area contributed by atoms with Crippen LogP contribution in [-0.2, 0) is 11.2 Å². The van der Waals surface area contributed by atoms with Gasteiger partial charge in [0.2, 0.25) is 5.91 Å². The third kappa shape index (κ3) is 6.18. The van der Waals surface area contributed by atoms with Gasteiger partial charge in [-0.25, -0.2) is 0 Å². The van der Waals surface area contributed by atoms with E-state index in [9.17, 15) is 9.59 Å². The van der Waals surface area contributed by atoms with Crippen LogP contribution in [0.25, 0.3) is 0 Å². The first-order valence-corrected chi connectivity index (χ1v) is 11.5. The van der Waals surface area contributed by atoms with E-state index < -0.39 is 0 Å². The Morgan fingerprint density at radius 3 is 2.48 bits per heavy atom. The van der Waals surface area contributed by atoms with E-state index in [0.29, 0.717) is 35.2 Å². The third-order valence-corrected chi connectivity index (χ3v) is 6.16. The van der Waals surface area contributed by atoms with Gasteiger partial charge in [0.15, 0.2) is 0 Å². The number of anilines is 2. The summed E-state index contributed by atoms with van der Waals surface area (Å²) in [6, 6.07) is 18.8. The fraction of sp³-hybridized carbons (Fsp3) is 0.280. The number of carbonyl (C=O) groups is 2. The Kier molecular flexibility index (Phi) is 6.99. The molecular weight excluding hydrogens is 408 g/mol. The highest BCUT2D eigenvalue weighted by molar-refractivity contribution is 7.12. The SMILES string of the molecule is O=C(CCc1cccc(OC2CCCC2)c1)Nc1cccc(NC(=O)c2cccs2)c1. The summed E-state index contributed by atoms with van der Waals surface area (Å²) in [6.45, 7) is 0. The van der Waals surface area contributed by atoms with Crippen LogP contribution in [0.15, 0.2) is 66.0 Å². The summed E-state index contributed by atoms with van der Waals surface area (Å²) < 4.78 is 6.06. The van der Waals surface area contributed by atoms with Crippen LogP contribution in [0, 0.1) is 0 Å². The van der Waals surface area contributed by atoms with Crippen LogP contribution in [-0.4, -0.2) is 17.9 Å². The first kappa shape index (κ1) is 21.1. The van der Waals surface area contributed by atoms with E-state index in [1.165, 1.54) is 24.2 Å². The van der Waals surface area contributed by atoms with E-state index in [0.717, 1.165) is 24.2 Å². The summed E-state index contributed by atoms with van der Waals surface area (Å²) in [5.41, 5.74) is 2.39. The maximum Gasteiger partial charge on any atom is 0.265 e. The Bertz CT molecular complexity index is 1030. The van der Waals surface area contributed by atoms with Gasteiger partial charge in [-0.05, 0) is 79.4 Å². The van der Waals surface area contributed by atoms with Crippen LogP contribution in [0.1, 0.15) is 47.3 Å². The Morgan fingerprint density at radius 1 is 0.935 bits per heavy atom. The Morgan fingerprint density at radius 2 is 1.71 bits per heavy atom. The van der Waals surface area contributed by atoms with Crippen molar-refractivity contribution in [2.75, 3.05) is 10.6 Å². The molecule has 0 bridgehead atoms. The lowest BCUT2D eigenvalue weighted by atomic mass is 10.1. The first-order chi connectivity index (χ1) is 15.2. The molecule has 0 saturated heterocycles. The van der Waals surface area contributed by atoms with Crippen molar-refractivity contribution in [2.45, 2.75) is 44.6 Å². The van der Waals surface area contributed by atoms with Crippen molar-refractivity contribution in [1.82, 2.24) is 0 Å². The zero-order valence-electron chi connectivity index (χ0n) is 17.3. The molecule has 0 radical (unpaired) electrons. The molecule has 2 amide bonds. The molecule has 0 spiro atoms. The van der Waals surface area contributed by atoms with Crippen molar-refractivity contribution >= 4 is 34.5 Å². The summed E-state index contributed by atoms with van der Waals surface area (Å²) in [7, 11) is 0. The molecule has 4 rings (SSSR count). The number of carbonyl (C=O) groups excluding carboxylic acids is 2. The quantitative estimate of drug-likeness (QED) is 0.464. The fourth-order valence-corrected chi connectivity index (χ4v) is 4.35. The minimum atomic E-state index is -0.154. The van der Waals surface area contributed by atoms with Crippen LogP contribution >= 0.6 is 11.3 Å². The van der Waals surface area contributed by atoms with Gasteiger partial charge in [0.25, 0.3) is 5.91 Å². The van der Waals surface area contributed by atoms with E-state index >= 15 is 0 Å². The van der Waals surface area contributed by atoms with E-state index in [4.69, 9.17) is 4.74 Å². The molecule has 1 aliphatic carbocycles. The van der Waals surface area contributed by atoms with E-state index in [1.807, 2.05) is 47.8 Å². The molecular formula is C25H26N2O3S. The molecule has 1 heterocycles. The highest BCUT2D eigenvalue weighted by atomic mass is 32.1. The number of ether oxygens (including phenoxy) is 1. The zero-order valence-corrected chi connectivity index (χ0v) is 18.1. The molecule has 31 heavy (non-hydrogen) atoms. The molecule has 2 N–H and O–H groups in total. The molecule has 1 fully saturated rings. The largest absolute Gasteiger partial charge is 0.490 e. The normalized spacial score (nSPS) is 13.7. The molecule has 0 atom stereocenters. The lowest BCUT2D eigenvalue weighted by Gasteiger charge is -2.14. The molecule has 160 valence electrons. The lowest BCUT2D eigenvalue weighted by Crippen LogP contribution is -2.14. The highest BCUT2D eigenvalue weighted by Gasteiger charge is 2.16. The maximum absolute atomic E-state index is 12.4.